The Labute approximate surface area is 161 Å². The minimum atomic E-state index is -0.891. The number of amides is 2. The van der Waals surface area contributed by atoms with Crippen LogP contribution in [0.15, 0.2) is 42.5 Å². The Kier molecular flexibility index (Phi) is 6.02. The maximum atomic E-state index is 13.8. The highest BCUT2D eigenvalue weighted by Gasteiger charge is 2.30. The van der Waals surface area contributed by atoms with E-state index in [0.29, 0.717) is 44.1 Å². The summed E-state index contributed by atoms with van der Waals surface area (Å²) in [5.41, 5.74) is 0.532. The quantitative estimate of drug-likeness (QED) is 0.800. The molecule has 0 aliphatic carbocycles. The van der Waals surface area contributed by atoms with Gasteiger partial charge < -0.3 is 9.80 Å². The average Bonchev–Trinajstić information content (AvgIpc) is 2.67. The van der Waals surface area contributed by atoms with Gasteiger partial charge >= 0.3 is 0 Å². The van der Waals surface area contributed by atoms with E-state index < -0.39 is 17.5 Å². The molecule has 0 aromatic heterocycles. The van der Waals surface area contributed by atoms with Gasteiger partial charge in [-0.15, -0.1) is 0 Å². The van der Waals surface area contributed by atoms with Crippen molar-refractivity contribution in [2.75, 3.05) is 20.1 Å². The van der Waals surface area contributed by atoms with Crippen LogP contribution < -0.4 is 0 Å². The molecule has 0 spiro atoms. The van der Waals surface area contributed by atoms with Crippen molar-refractivity contribution in [1.82, 2.24) is 9.80 Å². The zero-order valence-corrected chi connectivity index (χ0v) is 15.5. The lowest BCUT2D eigenvalue weighted by atomic mass is 9.94. The Morgan fingerprint density at radius 1 is 1.04 bits per heavy atom. The van der Waals surface area contributed by atoms with Gasteiger partial charge in [0.25, 0.3) is 5.91 Å². The van der Waals surface area contributed by atoms with E-state index >= 15 is 0 Å². The predicted octanol–water partition coefficient (Wildman–Crippen LogP) is 3.61. The number of hydrogen-bond acceptors (Lipinski definition) is 2. The van der Waals surface area contributed by atoms with Crippen LogP contribution in [0.3, 0.4) is 0 Å². The first kappa shape index (κ1) is 19.9. The minimum absolute atomic E-state index is 0.0654. The Balaban J connectivity index is 1.57. The molecule has 0 unspecified atom stereocenters. The van der Waals surface area contributed by atoms with E-state index in [-0.39, 0.29) is 23.2 Å². The summed E-state index contributed by atoms with van der Waals surface area (Å²) in [6.45, 7) is 0.941. The van der Waals surface area contributed by atoms with Gasteiger partial charge in [-0.25, -0.2) is 13.2 Å². The molecule has 1 fully saturated rings. The highest BCUT2D eigenvalue weighted by atomic mass is 19.1. The first-order chi connectivity index (χ1) is 13.3. The molecule has 1 aliphatic rings. The summed E-state index contributed by atoms with van der Waals surface area (Å²) in [6.07, 6.45) is 0.918. The molecular formula is C21H21F3N2O2. The molecule has 0 saturated carbocycles. The van der Waals surface area contributed by atoms with Crippen molar-refractivity contribution in [1.29, 1.82) is 0 Å². The van der Waals surface area contributed by atoms with Crippen LogP contribution in [0, 0.1) is 23.4 Å². The lowest BCUT2D eigenvalue weighted by Gasteiger charge is -2.33. The van der Waals surface area contributed by atoms with Crippen molar-refractivity contribution >= 4 is 11.8 Å². The molecule has 0 N–H and O–H groups in total. The fraction of sp³-hybridized carbons (Fsp3) is 0.333. The van der Waals surface area contributed by atoms with Gasteiger partial charge in [-0.1, -0.05) is 12.1 Å². The number of likely N-dealkylation sites (tertiary alicyclic amines) is 1. The summed E-state index contributed by atoms with van der Waals surface area (Å²) in [5, 5.41) is 0. The molecule has 0 bridgehead atoms. The maximum absolute atomic E-state index is 13.8. The maximum Gasteiger partial charge on any atom is 0.256 e. The number of nitrogens with zero attached hydrogens (tertiary/aromatic N) is 2. The van der Waals surface area contributed by atoms with Crippen LogP contribution >= 0.6 is 0 Å². The Morgan fingerprint density at radius 2 is 1.71 bits per heavy atom. The summed E-state index contributed by atoms with van der Waals surface area (Å²) in [5.74, 6) is -2.79. The molecule has 1 saturated heterocycles. The highest BCUT2D eigenvalue weighted by molar-refractivity contribution is 5.94. The van der Waals surface area contributed by atoms with Crippen molar-refractivity contribution < 1.29 is 22.8 Å². The normalized spacial score (nSPS) is 14.8. The van der Waals surface area contributed by atoms with Crippen LogP contribution in [-0.4, -0.2) is 41.8 Å². The molecule has 1 heterocycles. The summed E-state index contributed by atoms with van der Waals surface area (Å²) in [4.78, 5) is 28.1. The van der Waals surface area contributed by atoms with E-state index in [1.165, 1.54) is 17.0 Å². The first-order valence-corrected chi connectivity index (χ1v) is 9.09. The lowest BCUT2D eigenvalue weighted by molar-refractivity contribution is -0.136. The van der Waals surface area contributed by atoms with Crippen LogP contribution in [0.1, 0.15) is 28.8 Å². The third kappa shape index (κ3) is 4.52. The largest absolute Gasteiger partial charge is 0.341 e. The molecule has 0 atom stereocenters. The second-order valence-corrected chi connectivity index (χ2v) is 7.01. The highest BCUT2D eigenvalue weighted by Crippen LogP contribution is 2.22. The average molecular weight is 390 g/mol. The van der Waals surface area contributed by atoms with Crippen molar-refractivity contribution in [3.63, 3.8) is 0 Å². The number of benzene rings is 2. The molecule has 2 aromatic rings. The molecule has 2 amide bonds. The molecule has 7 heteroatoms. The zero-order chi connectivity index (χ0) is 20.3. The molecule has 2 aromatic carbocycles. The summed E-state index contributed by atoms with van der Waals surface area (Å²) in [7, 11) is 1.67. The molecule has 3 rings (SSSR count). The number of carbonyl (C=O) groups is 2. The first-order valence-electron chi connectivity index (χ1n) is 9.09. The predicted molar refractivity (Wildman–Crippen MR) is 97.9 cm³/mol. The van der Waals surface area contributed by atoms with E-state index in [2.05, 4.69) is 0 Å². The van der Waals surface area contributed by atoms with Crippen LogP contribution in [-0.2, 0) is 11.3 Å². The number of piperidine rings is 1. The second kappa shape index (κ2) is 8.46. The van der Waals surface area contributed by atoms with Gasteiger partial charge in [0.2, 0.25) is 5.91 Å². The van der Waals surface area contributed by atoms with Gasteiger partial charge in [0.15, 0.2) is 0 Å². The SMILES string of the molecule is CN(Cc1cccc(F)c1)C(=O)C1CCN(C(=O)c2ccc(F)cc2F)CC1. The van der Waals surface area contributed by atoms with Crippen molar-refractivity contribution in [3.8, 4) is 0 Å². The molecule has 4 nitrogen and oxygen atoms in total. The smallest absolute Gasteiger partial charge is 0.256 e. The third-order valence-corrected chi connectivity index (χ3v) is 4.98. The number of rotatable bonds is 4. The van der Waals surface area contributed by atoms with Crippen LogP contribution in [0.2, 0.25) is 0 Å². The number of hydrogen-bond donors (Lipinski definition) is 0. The summed E-state index contributed by atoms with van der Waals surface area (Å²) >= 11 is 0. The van der Waals surface area contributed by atoms with Gasteiger partial charge in [0, 0.05) is 38.7 Å². The van der Waals surface area contributed by atoms with Crippen LogP contribution in [0.25, 0.3) is 0 Å². The molecule has 0 radical (unpaired) electrons. The van der Waals surface area contributed by atoms with E-state index in [4.69, 9.17) is 0 Å². The van der Waals surface area contributed by atoms with Gasteiger partial charge in [-0.3, -0.25) is 9.59 Å². The van der Waals surface area contributed by atoms with Crippen molar-refractivity contribution in [3.05, 3.63) is 71.0 Å². The number of carbonyl (C=O) groups excluding carboxylic acids is 2. The van der Waals surface area contributed by atoms with E-state index in [9.17, 15) is 22.8 Å². The van der Waals surface area contributed by atoms with Crippen LogP contribution in [0.4, 0.5) is 13.2 Å². The minimum Gasteiger partial charge on any atom is -0.341 e. The molecule has 28 heavy (non-hydrogen) atoms. The zero-order valence-electron chi connectivity index (χ0n) is 15.5. The fourth-order valence-corrected chi connectivity index (χ4v) is 3.46. The second-order valence-electron chi connectivity index (χ2n) is 7.01. The van der Waals surface area contributed by atoms with Crippen LogP contribution in [0.5, 0.6) is 0 Å². The Hall–Kier alpha value is -2.83. The summed E-state index contributed by atoms with van der Waals surface area (Å²) < 4.78 is 40.1. The summed E-state index contributed by atoms with van der Waals surface area (Å²) in [6, 6.07) is 8.97. The Morgan fingerprint density at radius 3 is 2.36 bits per heavy atom. The molecule has 148 valence electrons. The van der Waals surface area contributed by atoms with E-state index in [0.717, 1.165) is 12.1 Å². The van der Waals surface area contributed by atoms with Crippen molar-refractivity contribution in [2.45, 2.75) is 19.4 Å². The standard InChI is InChI=1S/C21H21F3N2O2/c1-25(13-14-3-2-4-16(22)11-14)20(27)15-7-9-26(10-8-15)21(28)18-6-5-17(23)12-19(18)24/h2-6,11-12,15H,7-10,13H2,1H3. The lowest BCUT2D eigenvalue weighted by Crippen LogP contribution is -2.43. The number of halogens is 3. The van der Waals surface area contributed by atoms with Gasteiger partial charge in [-0.05, 0) is 42.7 Å². The topological polar surface area (TPSA) is 40.6 Å². The van der Waals surface area contributed by atoms with Gasteiger partial charge in [-0.2, -0.15) is 0 Å². The van der Waals surface area contributed by atoms with Crippen molar-refractivity contribution in [2.24, 2.45) is 5.92 Å². The van der Waals surface area contributed by atoms with Gasteiger partial charge in [0.05, 0.1) is 5.56 Å². The monoisotopic (exact) mass is 390 g/mol. The Bertz CT molecular complexity index is 880. The van der Waals surface area contributed by atoms with E-state index in [1.54, 1.807) is 24.1 Å². The van der Waals surface area contributed by atoms with Gasteiger partial charge in [0.1, 0.15) is 17.5 Å². The van der Waals surface area contributed by atoms with E-state index in [1.807, 2.05) is 0 Å². The molecule has 1 aliphatic heterocycles. The third-order valence-electron chi connectivity index (χ3n) is 4.98. The molecular weight excluding hydrogens is 369 g/mol. The fourth-order valence-electron chi connectivity index (χ4n) is 3.46.